The normalized spacial score (nSPS) is 18.0. The van der Waals surface area contributed by atoms with Gasteiger partial charge in [-0.15, -0.1) is 0 Å². The summed E-state index contributed by atoms with van der Waals surface area (Å²) in [5, 5.41) is 3.55. The molecule has 1 aliphatic rings. The van der Waals surface area contributed by atoms with Gasteiger partial charge < -0.3 is 5.32 Å². The third-order valence-corrected chi connectivity index (χ3v) is 3.74. The third kappa shape index (κ3) is 2.13. The van der Waals surface area contributed by atoms with Gasteiger partial charge in [-0.3, -0.25) is 0 Å². The number of hydrogen-bond donors (Lipinski definition) is 1. The van der Waals surface area contributed by atoms with Gasteiger partial charge in [0.1, 0.15) is 0 Å². The van der Waals surface area contributed by atoms with Crippen molar-refractivity contribution in [3.05, 3.63) is 64.7 Å². The third-order valence-electron chi connectivity index (χ3n) is 3.74. The van der Waals surface area contributed by atoms with Gasteiger partial charge in [0.25, 0.3) is 0 Å². The highest BCUT2D eigenvalue weighted by Gasteiger charge is 2.19. The van der Waals surface area contributed by atoms with Gasteiger partial charge in [0.2, 0.25) is 0 Å². The second-order valence-electron chi connectivity index (χ2n) is 5.36. The number of para-hydroxylation sites is 1. The zero-order valence-corrected chi connectivity index (χ0v) is 11.0. The molecule has 1 atom stereocenters. The van der Waals surface area contributed by atoms with E-state index in [0.29, 0.717) is 5.92 Å². The van der Waals surface area contributed by atoms with E-state index >= 15 is 0 Å². The Morgan fingerprint density at radius 3 is 2.50 bits per heavy atom. The van der Waals surface area contributed by atoms with Gasteiger partial charge in [0, 0.05) is 18.2 Å². The van der Waals surface area contributed by atoms with Crippen molar-refractivity contribution in [1.29, 1.82) is 0 Å². The summed E-state index contributed by atoms with van der Waals surface area (Å²) >= 11 is 0. The average molecular weight is 237 g/mol. The summed E-state index contributed by atoms with van der Waals surface area (Å²) in [5.74, 6) is 0.596. The molecule has 2 aromatic carbocycles. The highest BCUT2D eigenvalue weighted by Crippen LogP contribution is 2.31. The molecule has 1 nitrogen and oxygen atoms in total. The molecule has 0 spiro atoms. The fraction of sp³-hybridized carbons (Fsp3) is 0.294. The molecule has 3 rings (SSSR count). The van der Waals surface area contributed by atoms with Crippen LogP contribution in [0.4, 0.5) is 5.69 Å². The quantitative estimate of drug-likeness (QED) is 0.788. The van der Waals surface area contributed by atoms with E-state index in [9.17, 15) is 0 Å². The SMILES string of the molecule is Cc1cc(C)cc(C2CNc3ccccc3C2)c1. The van der Waals surface area contributed by atoms with Crippen LogP contribution in [0.3, 0.4) is 0 Å². The fourth-order valence-electron chi connectivity index (χ4n) is 2.92. The summed E-state index contributed by atoms with van der Waals surface area (Å²) in [5.41, 5.74) is 6.94. The Balaban J connectivity index is 1.91. The first-order valence-electron chi connectivity index (χ1n) is 6.62. The average Bonchev–Trinajstić information content (AvgIpc) is 2.37. The molecule has 0 amide bonds. The molecule has 1 unspecified atom stereocenters. The van der Waals surface area contributed by atoms with Crippen LogP contribution < -0.4 is 5.32 Å². The fourth-order valence-corrected chi connectivity index (χ4v) is 2.92. The molecule has 0 radical (unpaired) electrons. The van der Waals surface area contributed by atoms with Crippen molar-refractivity contribution in [2.75, 3.05) is 11.9 Å². The van der Waals surface area contributed by atoms with E-state index < -0.39 is 0 Å². The zero-order chi connectivity index (χ0) is 12.5. The summed E-state index contributed by atoms with van der Waals surface area (Å²) < 4.78 is 0. The molecular weight excluding hydrogens is 218 g/mol. The second kappa shape index (κ2) is 4.49. The lowest BCUT2D eigenvalue weighted by Gasteiger charge is -2.27. The summed E-state index contributed by atoms with van der Waals surface area (Å²) in [4.78, 5) is 0. The van der Waals surface area contributed by atoms with E-state index in [-0.39, 0.29) is 0 Å². The molecule has 1 aliphatic heterocycles. The Morgan fingerprint density at radius 1 is 1.00 bits per heavy atom. The van der Waals surface area contributed by atoms with Crippen molar-refractivity contribution >= 4 is 5.69 Å². The molecule has 0 fully saturated rings. The molecule has 2 aromatic rings. The van der Waals surface area contributed by atoms with Gasteiger partial charge in [-0.05, 0) is 37.5 Å². The molecule has 1 N–H and O–H groups in total. The summed E-state index contributed by atoms with van der Waals surface area (Å²) in [6, 6.07) is 15.5. The van der Waals surface area contributed by atoms with Gasteiger partial charge in [0.15, 0.2) is 0 Å². The maximum Gasteiger partial charge on any atom is 0.0373 e. The minimum absolute atomic E-state index is 0.596. The lowest BCUT2D eigenvalue weighted by molar-refractivity contribution is 0.694. The van der Waals surface area contributed by atoms with E-state index in [1.807, 2.05) is 0 Å². The Kier molecular flexibility index (Phi) is 2.83. The number of rotatable bonds is 1. The number of aryl methyl sites for hydroxylation is 2. The molecule has 0 aromatic heterocycles. The van der Waals surface area contributed by atoms with Gasteiger partial charge in [-0.1, -0.05) is 47.5 Å². The van der Waals surface area contributed by atoms with Crippen molar-refractivity contribution in [3.63, 3.8) is 0 Å². The summed E-state index contributed by atoms with van der Waals surface area (Å²) in [7, 11) is 0. The predicted octanol–water partition coefficient (Wildman–Crippen LogP) is 4.06. The first-order valence-corrected chi connectivity index (χ1v) is 6.62. The van der Waals surface area contributed by atoms with Crippen molar-refractivity contribution in [2.45, 2.75) is 26.2 Å². The van der Waals surface area contributed by atoms with E-state index in [4.69, 9.17) is 0 Å². The number of hydrogen-bond acceptors (Lipinski definition) is 1. The van der Waals surface area contributed by atoms with Crippen molar-refractivity contribution in [1.82, 2.24) is 0 Å². The Labute approximate surface area is 109 Å². The van der Waals surface area contributed by atoms with E-state index in [0.717, 1.165) is 13.0 Å². The minimum atomic E-state index is 0.596. The largest absolute Gasteiger partial charge is 0.384 e. The van der Waals surface area contributed by atoms with Crippen molar-refractivity contribution in [3.8, 4) is 0 Å². The van der Waals surface area contributed by atoms with Gasteiger partial charge in [-0.2, -0.15) is 0 Å². The predicted molar refractivity (Wildman–Crippen MR) is 77.3 cm³/mol. The molecule has 1 heterocycles. The molecule has 0 saturated heterocycles. The first kappa shape index (κ1) is 11.3. The van der Waals surface area contributed by atoms with Crippen LogP contribution in [0.1, 0.15) is 28.2 Å². The number of nitrogens with one attached hydrogen (secondary N) is 1. The molecule has 0 saturated carbocycles. The van der Waals surface area contributed by atoms with Gasteiger partial charge in [-0.25, -0.2) is 0 Å². The van der Waals surface area contributed by atoms with Gasteiger partial charge in [0.05, 0.1) is 0 Å². The lowest BCUT2D eigenvalue weighted by Crippen LogP contribution is -2.21. The molecule has 0 aliphatic carbocycles. The van der Waals surface area contributed by atoms with Crippen LogP contribution >= 0.6 is 0 Å². The maximum absolute atomic E-state index is 3.55. The van der Waals surface area contributed by atoms with Crippen molar-refractivity contribution < 1.29 is 0 Å². The molecule has 0 bridgehead atoms. The summed E-state index contributed by atoms with van der Waals surface area (Å²) in [6.45, 7) is 5.40. The topological polar surface area (TPSA) is 12.0 Å². The Bertz CT molecular complexity index is 551. The Morgan fingerprint density at radius 2 is 1.72 bits per heavy atom. The van der Waals surface area contributed by atoms with Crippen LogP contribution in [0.15, 0.2) is 42.5 Å². The highest BCUT2D eigenvalue weighted by atomic mass is 14.9. The second-order valence-corrected chi connectivity index (χ2v) is 5.36. The minimum Gasteiger partial charge on any atom is -0.384 e. The monoisotopic (exact) mass is 237 g/mol. The van der Waals surface area contributed by atoms with Gasteiger partial charge >= 0.3 is 0 Å². The van der Waals surface area contributed by atoms with Crippen LogP contribution in [0.2, 0.25) is 0 Å². The van der Waals surface area contributed by atoms with E-state index in [1.165, 1.54) is 27.9 Å². The van der Waals surface area contributed by atoms with E-state index in [2.05, 4.69) is 61.6 Å². The zero-order valence-electron chi connectivity index (χ0n) is 11.0. The van der Waals surface area contributed by atoms with Crippen LogP contribution in [0.25, 0.3) is 0 Å². The number of anilines is 1. The molecular formula is C17H19N. The van der Waals surface area contributed by atoms with Crippen LogP contribution in [0.5, 0.6) is 0 Å². The lowest BCUT2D eigenvalue weighted by atomic mass is 9.87. The number of benzene rings is 2. The summed E-state index contributed by atoms with van der Waals surface area (Å²) in [6.07, 6.45) is 1.14. The molecule has 92 valence electrons. The Hall–Kier alpha value is -1.76. The van der Waals surface area contributed by atoms with Crippen LogP contribution in [-0.2, 0) is 6.42 Å². The molecule has 18 heavy (non-hydrogen) atoms. The van der Waals surface area contributed by atoms with Crippen LogP contribution in [-0.4, -0.2) is 6.54 Å². The van der Waals surface area contributed by atoms with Crippen molar-refractivity contribution in [2.24, 2.45) is 0 Å². The van der Waals surface area contributed by atoms with E-state index in [1.54, 1.807) is 0 Å². The maximum atomic E-state index is 3.55. The first-order chi connectivity index (χ1) is 8.72. The standard InChI is InChI=1S/C17H19N/c1-12-7-13(2)9-15(8-12)16-10-14-5-3-4-6-17(14)18-11-16/h3-9,16,18H,10-11H2,1-2H3. The van der Waals surface area contributed by atoms with Crippen LogP contribution in [0, 0.1) is 13.8 Å². The smallest absolute Gasteiger partial charge is 0.0373 e. The highest BCUT2D eigenvalue weighted by molar-refractivity contribution is 5.54. The molecule has 1 heteroatoms. The number of fused-ring (bicyclic) bond motifs is 1.